The van der Waals surface area contributed by atoms with Crippen LogP contribution in [0.15, 0.2) is 133 Å². The topological polar surface area (TPSA) is 15.8 Å². The Labute approximate surface area is 224 Å². The second-order valence-electron chi connectivity index (χ2n) is 9.87. The molecule has 1 nitrogen and oxygen atoms in total. The molecule has 6 aromatic carbocycles. The highest BCUT2D eigenvalue weighted by atomic mass is 32.1. The number of aromatic nitrogens is 1. The maximum atomic E-state index is 3.54. The number of para-hydroxylation sites is 1. The van der Waals surface area contributed by atoms with Crippen molar-refractivity contribution < 1.29 is 0 Å². The minimum Gasteiger partial charge on any atom is -0.355 e. The van der Waals surface area contributed by atoms with Gasteiger partial charge in [0.2, 0.25) is 0 Å². The van der Waals surface area contributed by atoms with Crippen LogP contribution in [-0.2, 0) is 0 Å². The fourth-order valence-electron chi connectivity index (χ4n) is 5.73. The Bertz CT molecular complexity index is 2130. The van der Waals surface area contributed by atoms with Crippen molar-refractivity contribution in [2.24, 2.45) is 0 Å². The van der Waals surface area contributed by atoms with E-state index in [-0.39, 0.29) is 0 Å². The van der Waals surface area contributed by atoms with Gasteiger partial charge in [-0.2, -0.15) is 0 Å². The number of nitrogens with one attached hydrogen (secondary N) is 1. The molecule has 0 atom stereocenters. The van der Waals surface area contributed by atoms with Crippen LogP contribution in [0.5, 0.6) is 0 Å². The van der Waals surface area contributed by atoms with E-state index in [9.17, 15) is 0 Å². The van der Waals surface area contributed by atoms with Crippen LogP contribution in [0, 0.1) is 0 Å². The highest BCUT2D eigenvalue weighted by Crippen LogP contribution is 2.42. The second-order valence-corrected chi connectivity index (χ2v) is 10.9. The zero-order chi connectivity index (χ0) is 25.1. The van der Waals surface area contributed by atoms with E-state index < -0.39 is 0 Å². The van der Waals surface area contributed by atoms with Crippen molar-refractivity contribution in [3.05, 3.63) is 133 Å². The molecule has 178 valence electrons. The Balaban J connectivity index is 1.27. The van der Waals surface area contributed by atoms with Crippen molar-refractivity contribution in [1.29, 1.82) is 0 Å². The average Bonchev–Trinajstić information content (AvgIpc) is 3.55. The third-order valence-electron chi connectivity index (χ3n) is 7.62. The molecular weight excluding hydrogens is 478 g/mol. The molecule has 2 heteroatoms. The molecule has 1 N–H and O–H groups in total. The molecule has 0 aliphatic rings. The normalized spacial score (nSPS) is 11.7. The molecule has 38 heavy (non-hydrogen) atoms. The van der Waals surface area contributed by atoms with Crippen LogP contribution >= 0.6 is 11.3 Å². The summed E-state index contributed by atoms with van der Waals surface area (Å²) in [7, 11) is 0. The summed E-state index contributed by atoms with van der Waals surface area (Å²) in [5.41, 5.74) is 9.90. The number of rotatable bonds is 3. The van der Waals surface area contributed by atoms with E-state index in [4.69, 9.17) is 0 Å². The standard InChI is InChI=1S/C36H23NS/c1-2-8-23(9-3-1)24-10-6-11-27(20-24)28-13-7-14-30-32-22-26(17-19-35(32)38-36(28)30)25-16-18-34-31(21-25)29-12-4-5-15-33(29)37-34/h1-22,37H. The Hall–Kier alpha value is -4.66. The van der Waals surface area contributed by atoms with Crippen LogP contribution in [0.3, 0.4) is 0 Å². The summed E-state index contributed by atoms with van der Waals surface area (Å²) in [5.74, 6) is 0. The van der Waals surface area contributed by atoms with Crippen molar-refractivity contribution in [2.45, 2.75) is 0 Å². The van der Waals surface area contributed by atoms with Crippen LogP contribution in [0.25, 0.3) is 75.4 Å². The molecule has 0 radical (unpaired) electrons. The molecule has 0 saturated heterocycles. The molecule has 0 unspecified atom stereocenters. The monoisotopic (exact) mass is 501 g/mol. The first-order valence-corrected chi connectivity index (χ1v) is 13.8. The zero-order valence-corrected chi connectivity index (χ0v) is 21.4. The average molecular weight is 502 g/mol. The van der Waals surface area contributed by atoms with Gasteiger partial charge in [0, 0.05) is 42.0 Å². The van der Waals surface area contributed by atoms with Gasteiger partial charge in [-0.15, -0.1) is 11.3 Å². The lowest BCUT2D eigenvalue weighted by atomic mass is 9.97. The van der Waals surface area contributed by atoms with Crippen molar-refractivity contribution in [3.63, 3.8) is 0 Å². The number of fused-ring (bicyclic) bond motifs is 6. The van der Waals surface area contributed by atoms with E-state index in [2.05, 4.69) is 138 Å². The molecular formula is C36H23NS. The van der Waals surface area contributed by atoms with Crippen molar-refractivity contribution in [1.82, 2.24) is 4.98 Å². The molecule has 8 aromatic rings. The van der Waals surface area contributed by atoms with Crippen LogP contribution in [0.2, 0.25) is 0 Å². The molecule has 0 spiro atoms. The molecule has 0 saturated carbocycles. The third kappa shape index (κ3) is 3.38. The number of aromatic amines is 1. The maximum absolute atomic E-state index is 3.54. The Morgan fingerprint density at radius 3 is 1.97 bits per heavy atom. The van der Waals surface area contributed by atoms with Crippen LogP contribution in [0.4, 0.5) is 0 Å². The van der Waals surface area contributed by atoms with Gasteiger partial charge in [0.1, 0.15) is 0 Å². The summed E-state index contributed by atoms with van der Waals surface area (Å²) in [6.45, 7) is 0. The number of hydrogen-bond acceptors (Lipinski definition) is 1. The van der Waals surface area contributed by atoms with Gasteiger partial charge >= 0.3 is 0 Å². The summed E-state index contributed by atoms with van der Waals surface area (Å²) < 4.78 is 2.67. The predicted octanol–water partition coefficient (Wildman–Crippen LogP) is 10.7. The third-order valence-corrected chi connectivity index (χ3v) is 8.84. The van der Waals surface area contributed by atoms with Gasteiger partial charge in [-0.05, 0) is 69.8 Å². The summed E-state index contributed by atoms with van der Waals surface area (Å²) in [5, 5.41) is 5.19. The number of benzene rings is 6. The molecule has 2 heterocycles. The fourth-order valence-corrected chi connectivity index (χ4v) is 6.95. The van der Waals surface area contributed by atoms with Crippen molar-refractivity contribution in [2.75, 3.05) is 0 Å². The van der Waals surface area contributed by atoms with Gasteiger partial charge in [0.15, 0.2) is 0 Å². The second kappa shape index (κ2) is 8.44. The number of H-pyrrole nitrogens is 1. The smallest absolute Gasteiger partial charge is 0.0465 e. The van der Waals surface area contributed by atoms with Gasteiger partial charge in [-0.1, -0.05) is 97.1 Å². The predicted molar refractivity (Wildman–Crippen MR) is 165 cm³/mol. The van der Waals surface area contributed by atoms with Gasteiger partial charge in [-0.25, -0.2) is 0 Å². The van der Waals surface area contributed by atoms with E-state index in [1.807, 2.05) is 11.3 Å². The van der Waals surface area contributed by atoms with Crippen LogP contribution < -0.4 is 0 Å². The lowest BCUT2D eigenvalue weighted by molar-refractivity contribution is 1.54. The first-order valence-electron chi connectivity index (χ1n) is 12.9. The lowest BCUT2D eigenvalue weighted by Crippen LogP contribution is -1.82. The molecule has 0 aliphatic carbocycles. The van der Waals surface area contributed by atoms with E-state index in [0.717, 1.165) is 0 Å². The minimum atomic E-state index is 1.18. The summed E-state index contributed by atoms with van der Waals surface area (Å²) in [6.07, 6.45) is 0. The zero-order valence-electron chi connectivity index (χ0n) is 20.6. The van der Waals surface area contributed by atoms with Crippen molar-refractivity contribution >= 4 is 53.3 Å². The molecule has 8 rings (SSSR count). The van der Waals surface area contributed by atoms with Gasteiger partial charge < -0.3 is 4.98 Å². The van der Waals surface area contributed by atoms with Crippen LogP contribution in [0.1, 0.15) is 0 Å². The Kier molecular flexibility index (Phi) is 4.76. The molecule has 0 fully saturated rings. The molecule has 0 aliphatic heterocycles. The largest absolute Gasteiger partial charge is 0.355 e. The Morgan fingerprint density at radius 1 is 0.395 bits per heavy atom. The molecule has 0 amide bonds. The first-order chi connectivity index (χ1) is 18.8. The quantitative estimate of drug-likeness (QED) is 0.248. The van der Waals surface area contributed by atoms with Gasteiger partial charge in [0.05, 0.1) is 0 Å². The summed E-state index contributed by atoms with van der Waals surface area (Å²) in [4.78, 5) is 3.54. The van der Waals surface area contributed by atoms with E-state index >= 15 is 0 Å². The Morgan fingerprint density at radius 2 is 1.05 bits per heavy atom. The summed E-state index contributed by atoms with van der Waals surface area (Å²) in [6, 6.07) is 48.5. The summed E-state index contributed by atoms with van der Waals surface area (Å²) >= 11 is 1.89. The van der Waals surface area contributed by atoms with Crippen LogP contribution in [-0.4, -0.2) is 4.98 Å². The first kappa shape index (κ1) is 21.4. The molecule has 0 bridgehead atoms. The van der Waals surface area contributed by atoms with Gasteiger partial charge in [-0.3, -0.25) is 0 Å². The fraction of sp³-hybridized carbons (Fsp3) is 0. The van der Waals surface area contributed by atoms with E-state index in [1.54, 1.807) is 0 Å². The highest BCUT2D eigenvalue weighted by molar-refractivity contribution is 7.26. The SMILES string of the molecule is c1ccc(-c2cccc(-c3cccc4c3sc3ccc(-c5ccc6[nH]c7ccccc7c6c5)cc34)c2)cc1. The molecule has 2 aromatic heterocycles. The van der Waals surface area contributed by atoms with E-state index in [1.165, 1.54) is 75.4 Å². The number of thiophene rings is 1. The number of hydrogen-bond donors (Lipinski definition) is 1. The van der Waals surface area contributed by atoms with Crippen molar-refractivity contribution in [3.8, 4) is 33.4 Å². The lowest BCUT2D eigenvalue weighted by Gasteiger charge is -2.07. The highest BCUT2D eigenvalue weighted by Gasteiger charge is 2.13. The maximum Gasteiger partial charge on any atom is 0.0465 e. The van der Waals surface area contributed by atoms with Gasteiger partial charge in [0.25, 0.3) is 0 Å². The van der Waals surface area contributed by atoms with E-state index in [0.29, 0.717) is 0 Å². The minimum absolute atomic E-state index is 1.18.